The van der Waals surface area contributed by atoms with Gasteiger partial charge in [0.15, 0.2) is 5.82 Å². The summed E-state index contributed by atoms with van der Waals surface area (Å²) in [6, 6.07) is 5.60. The van der Waals surface area contributed by atoms with E-state index in [1.807, 2.05) is 0 Å². The molecule has 27 heavy (non-hydrogen) atoms. The molecule has 0 unspecified atom stereocenters. The Bertz CT molecular complexity index is 1090. The molecule has 0 aliphatic rings. The lowest BCUT2D eigenvalue weighted by atomic mass is 10.1. The standard InChI is InChI=1S/C18H10ClF2N5O/c1-2-15(27)24-14-7-13(20)11(8-22)16(21)18(14)26-9-12(19)17(25-26)10-3-5-23-6-4-10/h2-7,9H,1H2,(H,24,27). The van der Waals surface area contributed by atoms with E-state index in [4.69, 9.17) is 16.9 Å². The number of hydrogen-bond donors (Lipinski definition) is 1. The van der Waals surface area contributed by atoms with Crippen molar-refractivity contribution in [2.24, 2.45) is 0 Å². The van der Waals surface area contributed by atoms with Crippen molar-refractivity contribution in [2.75, 3.05) is 5.32 Å². The average molecular weight is 386 g/mol. The van der Waals surface area contributed by atoms with Gasteiger partial charge in [0.25, 0.3) is 0 Å². The minimum Gasteiger partial charge on any atom is -0.320 e. The molecule has 1 amide bonds. The lowest BCUT2D eigenvalue weighted by Gasteiger charge is -2.13. The molecule has 0 aliphatic carbocycles. The molecule has 9 heteroatoms. The van der Waals surface area contributed by atoms with E-state index in [1.54, 1.807) is 12.1 Å². The fourth-order valence-corrected chi connectivity index (χ4v) is 2.63. The van der Waals surface area contributed by atoms with Crippen LogP contribution in [0.2, 0.25) is 5.02 Å². The Balaban J connectivity index is 2.23. The van der Waals surface area contributed by atoms with E-state index in [9.17, 15) is 13.6 Å². The van der Waals surface area contributed by atoms with Crippen molar-refractivity contribution in [3.8, 4) is 23.0 Å². The highest BCUT2D eigenvalue weighted by Crippen LogP contribution is 2.32. The monoisotopic (exact) mass is 385 g/mol. The van der Waals surface area contributed by atoms with Gasteiger partial charge < -0.3 is 5.32 Å². The molecule has 1 N–H and O–H groups in total. The Morgan fingerprint density at radius 2 is 2.07 bits per heavy atom. The van der Waals surface area contributed by atoms with E-state index >= 15 is 0 Å². The number of aromatic nitrogens is 3. The highest BCUT2D eigenvalue weighted by atomic mass is 35.5. The Kier molecular flexibility index (Phi) is 4.96. The van der Waals surface area contributed by atoms with Gasteiger partial charge in [-0.2, -0.15) is 10.4 Å². The third-order valence-electron chi connectivity index (χ3n) is 3.60. The van der Waals surface area contributed by atoms with E-state index in [2.05, 4.69) is 22.0 Å². The zero-order valence-corrected chi connectivity index (χ0v) is 14.3. The summed E-state index contributed by atoms with van der Waals surface area (Å²) in [5, 5.41) is 15.7. The molecule has 0 radical (unpaired) electrons. The zero-order valence-electron chi connectivity index (χ0n) is 13.6. The Morgan fingerprint density at radius 1 is 1.37 bits per heavy atom. The second-order valence-corrected chi connectivity index (χ2v) is 5.66. The average Bonchev–Trinajstić information content (AvgIpc) is 3.03. The van der Waals surface area contributed by atoms with Crippen LogP contribution in [0.25, 0.3) is 16.9 Å². The predicted octanol–water partition coefficient (Wildman–Crippen LogP) is 3.86. The highest BCUT2D eigenvalue weighted by molar-refractivity contribution is 6.33. The molecule has 134 valence electrons. The Morgan fingerprint density at radius 3 is 2.70 bits per heavy atom. The number of halogens is 3. The molecule has 6 nitrogen and oxygen atoms in total. The van der Waals surface area contributed by atoms with E-state index in [0.29, 0.717) is 11.3 Å². The first-order valence-electron chi connectivity index (χ1n) is 7.47. The van der Waals surface area contributed by atoms with Crippen LogP contribution in [0, 0.1) is 23.0 Å². The molecule has 2 aromatic heterocycles. The number of hydrogen-bond acceptors (Lipinski definition) is 4. The molecule has 0 saturated heterocycles. The van der Waals surface area contributed by atoms with Crippen molar-refractivity contribution >= 4 is 23.2 Å². The van der Waals surface area contributed by atoms with Crippen molar-refractivity contribution in [1.29, 1.82) is 5.26 Å². The number of nitrogens with one attached hydrogen (secondary N) is 1. The maximum atomic E-state index is 14.8. The molecule has 1 aromatic carbocycles. The number of pyridine rings is 1. The number of rotatable bonds is 4. The molecular formula is C18H10ClF2N5O. The molecular weight excluding hydrogens is 376 g/mol. The summed E-state index contributed by atoms with van der Waals surface area (Å²) in [7, 11) is 0. The minimum absolute atomic E-state index is 0.185. The molecule has 0 fully saturated rings. The lowest BCUT2D eigenvalue weighted by molar-refractivity contribution is -0.111. The van der Waals surface area contributed by atoms with Crippen molar-refractivity contribution in [2.45, 2.75) is 0 Å². The van der Waals surface area contributed by atoms with Gasteiger partial charge in [-0.3, -0.25) is 9.78 Å². The van der Waals surface area contributed by atoms with Gasteiger partial charge in [0, 0.05) is 24.0 Å². The van der Waals surface area contributed by atoms with Crippen molar-refractivity contribution < 1.29 is 13.6 Å². The SMILES string of the molecule is C=CC(=O)Nc1cc(F)c(C#N)c(F)c1-n1cc(Cl)c(-c2ccncc2)n1. The van der Waals surface area contributed by atoms with Crippen LogP contribution in [0.1, 0.15) is 5.56 Å². The van der Waals surface area contributed by atoms with Gasteiger partial charge in [-0.1, -0.05) is 18.2 Å². The lowest BCUT2D eigenvalue weighted by Crippen LogP contribution is -2.14. The Hall–Kier alpha value is -3.57. The second-order valence-electron chi connectivity index (χ2n) is 5.25. The molecule has 0 saturated carbocycles. The number of nitriles is 1. The van der Waals surface area contributed by atoms with Gasteiger partial charge in [0.2, 0.25) is 5.91 Å². The smallest absolute Gasteiger partial charge is 0.247 e. The van der Waals surface area contributed by atoms with Crippen LogP contribution in [-0.4, -0.2) is 20.7 Å². The molecule has 2 heterocycles. The zero-order chi connectivity index (χ0) is 19.6. The molecule has 0 spiro atoms. The third kappa shape index (κ3) is 3.41. The first kappa shape index (κ1) is 18.2. The first-order valence-corrected chi connectivity index (χ1v) is 7.85. The summed E-state index contributed by atoms with van der Waals surface area (Å²) < 4.78 is 29.9. The second kappa shape index (κ2) is 7.35. The number of nitrogens with zero attached hydrogens (tertiary/aromatic N) is 4. The topological polar surface area (TPSA) is 83.6 Å². The largest absolute Gasteiger partial charge is 0.320 e. The summed E-state index contributed by atoms with van der Waals surface area (Å²) in [4.78, 5) is 15.5. The fraction of sp³-hybridized carbons (Fsp3) is 0. The molecule has 0 bridgehead atoms. The number of benzene rings is 1. The number of carbonyl (C=O) groups excluding carboxylic acids is 1. The van der Waals surface area contributed by atoms with Crippen LogP contribution in [0.15, 0.2) is 49.4 Å². The van der Waals surface area contributed by atoms with Crippen molar-refractivity contribution in [3.05, 3.63) is 71.7 Å². The van der Waals surface area contributed by atoms with Crippen LogP contribution >= 0.6 is 11.6 Å². The van der Waals surface area contributed by atoms with Crippen LogP contribution < -0.4 is 5.32 Å². The minimum atomic E-state index is -1.18. The summed E-state index contributed by atoms with van der Waals surface area (Å²) in [5.41, 5.74) is -0.422. The molecule has 3 aromatic rings. The van der Waals surface area contributed by atoms with Gasteiger partial charge in [0.1, 0.15) is 28.8 Å². The van der Waals surface area contributed by atoms with Gasteiger partial charge in [0.05, 0.1) is 16.9 Å². The first-order chi connectivity index (χ1) is 13.0. The van der Waals surface area contributed by atoms with Crippen LogP contribution in [0.3, 0.4) is 0 Å². The normalized spacial score (nSPS) is 10.3. The summed E-state index contributed by atoms with van der Waals surface area (Å²) in [6.45, 7) is 3.29. The summed E-state index contributed by atoms with van der Waals surface area (Å²) in [5.74, 6) is -2.99. The third-order valence-corrected chi connectivity index (χ3v) is 3.88. The van der Waals surface area contributed by atoms with Gasteiger partial charge >= 0.3 is 0 Å². The predicted molar refractivity (Wildman–Crippen MR) is 95.3 cm³/mol. The van der Waals surface area contributed by atoms with E-state index in [1.165, 1.54) is 24.7 Å². The number of amides is 1. The van der Waals surface area contributed by atoms with E-state index < -0.39 is 23.1 Å². The van der Waals surface area contributed by atoms with E-state index in [-0.39, 0.29) is 16.4 Å². The maximum absolute atomic E-state index is 14.8. The highest BCUT2D eigenvalue weighted by Gasteiger charge is 2.23. The van der Waals surface area contributed by atoms with E-state index in [0.717, 1.165) is 16.8 Å². The summed E-state index contributed by atoms with van der Waals surface area (Å²) >= 11 is 6.20. The fourth-order valence-electron chi connectivity index (χ4n) is 2.39. The van der Waals surface area contributed by atoms with Crippen LogP contribution in [-0.2, 0) is 4.79 Å². The van der Waals surface area contributed by atoms with Crippen LogP contribution in [0.5, 0.6) is 0 Å². The number of anilines is 1. The Labute approximate surface area is 157 Å². The number of carbonyl (C=O) groups is 1. The molecule has 0 atom stereocenters. The van der Waals surface area contributed by atoms with Crippen molar-refractivity contribution in [3.63, 3.8) is 0 Å². The summed E-state index contributed by atoms with van der Waals surface area (Å²) in [6.07, 6.45) is 5.30. The van der Waals surface area contributed by atoms with Gasteiger partial charge in [-0.25, -0.2) is 13.5 Å². The van der Waals surface area contributed by atoms with Gasteiger partial charge in [-0.15, -0.1) is 0 Å². The van der Waals surface area contributed by atoms with Crippen LogP contribution in [0.4, 0.5) is 14.5 Å². The molecule has 3 rings (SSSR count). The quantitative estimate of drug-likeness (QED) is 0.691. The maximum Gasteiger partial charge on any atom is 0.247 e. The van der Waals surface area contributed by atoms with Gasteiger partial charge in [-0.05, 0) is 18.2 Å². The molecule has 0 aliphatic heterocycles. The van der Waals surface area contributed by atoms with Crippen molar-refractivity contribution in [1.82, 2.24) is 14.8 Å².